The van der Waals surface area contributed by atoms with E-state index >= 15 is 0 Å². The molecular formula is C49H48ClN15O2. The quantitative estimate of drug-likeness (QED) is 0.124. The van der Waals surface area contributed by atoms with Gasteiger partial charge >= 0.3 is 0 Å². The fourth-order valence-corrected chi connectivity index (χ4v) is 7.97. The van der Waals surface area contributed by atoms with Crippen molar-refractivity contribution in [2.45, 2.75) is 32.9 Å². The van der Waals surface area contributed by atoms with Crippen LogP contribution in [0.5, 0.6) is 0 Å². The van der Waals surface area contributed by atoms with Gasteiger partial charge in [0.15, 0.2) is 5.82 Å². The van der Waals surface area contributed by atoms with E-state index in [0.29, 0.717) is 35.8 Å². The Hall–Kier alpha value is -7.47. The second-order valence-electron chi connectivity index (χ2n) is 16.6. The summed E-state index contributed by atoms with van der Waals surface area (Å²) in [5.41, 5.74) is 10.4. The first-order valence-corrected chi connectivity index (χ1v) is 22.6. The number of pyridine rings is 6. The molecule has 17 nitrogen and oxygen atoms in total. The summed E-state index contributed by atoms with van der Waals surface area (Å²) in [5.74, 6) is 3.71. The zero-order valence-electron chi connectivity index (χ0n) is 37.2. The number of aromatic nitrogens is 12. The third-order valence-electron chi connectivity index (χ3n) is 11.5. The summed E-state index contributed by atoms with van der Waals surface area (Å²) in [7, 11) is 0. The summed E-state index contributed by atoms with van der Waals surface area (Å²) in [4.78, 5) is 31.9. The number of ether oxygens (including phenoxy) is 2. The first-order valence-electron chi connectivity index (χ1n) is 22.2. The summed E-state index contributed by atoms with van der Waals surface area (Å²) in [6, 6.07) is 21.8. The van der Waals surface area contributed by atoms with E-state index in [1.807, 2.05) is 95.3 Å². The molecule has 2 fully saturated rings. The lowest BCUT2D eigenvalue weighted by Gasteiger charge is -2.27. The number of hydrogen-bond acceptors (Lipinski definition) is 15. The fourth-order valence-electron chi connectivity index (χ4n) is 7.82. The van der Waals surface area contributed by atoms with Crippen LogP contribution < -0.4 is 15.1 Å². The Labute approximate surface area is 391 Å². The summed E-state index contributed by atoms with van der Waals surface area (Å²) in [6.07, 6.45) is 17.0. The molecule has 0 aliphatic carbocycles. The van der Waals surface area contributed by atoms with Crippen LogP contribution in [0.4, 0.5) is 23.3 Å². The van der Waals surface area contributed by atoms with Crippen LogP contribution >= 0.6 is 11.6 Å². The van der Waals surface area contributed by atoms with Gasteiger partial charge < -0.3 is 24.6 Å². The molecule has 18 heteroatoms. The molecule has 2 aliphatic heterocycles. The topological polar surface area (TPSA) is 176 Å². The van der Waals surface area contributed by atoms with Crippen LogP contribution in [0.15, 0.2) is 123 Å². The Morgan fingerprint density at radius 2 is 1.10 bits per heavy atom. The summed E-state index contributed by atoms with van der Waals surface area (Å²) < 4.78 is 14.6. The second kappa shape index (κ2) is 20.0. The standard InChI is InChI=1S/C28H29N9O.C21H19ClN6O/c1-19(2)21-12-27(35-31-15-21)34-26-5-4-24-25(33-26)11-22(14-29-24)23-16-32-37(18-23)17-20-3-6-28(30-13-20)36-7-9-38-10-8-36;22-20-3-2-18-19(26-20)9-16(11-23-18)17-12-25-28(14-17)13-15-1-4-21(24-10-15)27-5-7-29-8-6-27/h3-6,11-16,18-19H,7-10,17H2,1-2H3,(H,33,34,35);1-4,9-12,14H,5-8,13H2. The molecule has 2 aliphatic rings. The van der Waals surface area contributed by atoms with E-state index in [4.69, 9.17) is 26.1 Å². The number of rotatable bonds is 11. The largest absolute Gasteiger partial charge is 0.378 e. The van der Waals surface area contributed by atoms with Crippen molar-refractivity contribution >= 4 is 56.9 Å². The van der Waals surface area contributed by atoms with Crippen molar-refractivity contribution < 1.29 is 9.47 Å². The van der Waals surface area contributed by atoms with Gasteiger partial charge in [0.05, 0.1) is 80.2 Å². The molecule has 0 aromatic carbocycles. The number of halogens is 1. The molecule has 11 rings (SSSR count). The number of morpholine rings is 2. The monoisotopic (exact) mass is 913 g/mol. The molecule has 0 radical (unpaired) electrons. The molecule has 9 aromatic heterocycles. The summed E-state index contributed by atoms with van der Waals surface area (Å²) in [6.45, 7) is 12.1. The minimum atomic E-state index is 0.369. The molecule has 1 N–H and O–H groups in total. The van der Waals surface area contributed by atoms with E-state index in [9.17, 15) is 0 Å². The number of fused-ring (bicyclic) bond motifs is 2. The predicted molar refractivity (Wildman–Crippen MR) is 259 cm³/mol. The number of anilines is 4. The lowest BCUT2D eigenvalue weighted by Crippen LogP contribution is -2.36. The Kier molecular flexibility index (Phi) is 12.9. The third kappa shape index (κ3) is 10.6. The number of hydrogen-bond donors (Lipinski definition) is 1. The van der Waals surface area contributed by atoms with Gasteiger partial charge in [-0.3, -0.25) is 19.3 Å². The fraction of sp³-hybridized carbons (Fsp3) is 0.265. The van der Waals surface area contributed by atoms with E-state index in [2.05, 4.69) is 98.5 Å². The Morgan fingerprint density at radius 1 is 0.552 bits per heavy atom. The van der Waals surface area contributed by atoms with Gasteiger partial charge in [-0.25, -0.2) is 19.9 Å². The molecular weight excluding hydrogens is 866 g/mol. The molecule has 0 amide bonds. The number of nitrogens with one attached hydrogen (secondary N) is 1. The van der Waals surface area contributed by atoms with Crippen molar-refractivity contribution in [1.82, 2.24) is 59.7 Å². The second-order valence-corrected chi connectivity index (χ2v) is 17.0. The van der Waals surface area contributed by atoms with Crippen LogP contribution in [0.3, 0.4) is 0 Å². The molecule has 67 heavy (non-hydrogen) atoms. The first kappa shape index (κ1) is 43.4. The van der Waals surface area contributed by atoms with Crippen LogP contribution in [0, 0.1) is 0 Å². The van der Waals surface area contributed by atoms with E-state index in [1.165, 1.54) is 0 Å². The molecule has 0 saturated carbocycles. The van der Waals surface area contributed by atoms with Crippen molar-refractivity contribution in [2.75, 3.05) is 67.7 Å². The normalized spacial score (nSPS) is 14.1. The highest BCUT2D eigenvalue weighted by molar-refractivity contribution is 6.29. The highest BCUT2D eigenvalue weighted by Gasteiger charge is 2.15. The minimum Gasteiger partial charge on any atom is -0.378 e. The van der Waals surface area contributed by atoms with E-state index in [1.54, 1.807) is 12.3 Å². The molecule has 11 heterocycles. The average molecular weight is 914 g/mol. The zero-order chi connectivity index (χ0) is 45.5. The number of nitrogens with zero attached hydrogens (tertiary/aromatic N) is 14. The lowest BCUT2D eigenvalue weighted by molar-refractivity contribution is 0.122. The maximum atomic E-state index is 6.00. The van der Waals surface area contributed by atoms with Crippen molar-refractivity contribution in [1.29, 1.82) is 0 Å². The molecule has 338 valence electrons. The summed E-state index contributed by atoms with van der Waals surface area (Å²) in [5, 5.41) is 21.1. The van der Waals surface area contributed by atoms with Crippen molar-refractivity contribution in [2.24, 2.45) is 0 Å². The van der Waals surface area contributed by atoms with Crippen molar-refractivity contribution in [3.05, 3.63) is 144 Å². The van der Waals surface area contributed by atoms with Gasteiger partial charge in [-0.1, -0.05) is 37.6 Å². The SMILES string of the molecule is CC(C)c1cnnc(Nc2ccc3ncc(-c4cnn(Cc5ccc(N6CCOCC6)nc5)c4)cc3n2)c1.Clc1ccc2ncc(-c3cnn(Cc4ccc(N5CCOCC5)nc4)c3)cc2n1. The summed E-state index contributed by atoms with van der Waals surface area (Å²) >= 11 is 6.00. The molecule has 0 unspecified atom stereocenters. The van der Waals surface area contributed by atoms with Gasteiger partial charge in [0, 0.05) is 85.6 Å². The third-order valence-corrected chi connectivity index (χ3v) is 11.8. The maximum Gasteiger partial charge on any atom is 0.154 e. The van der Waals surface area contributed by atoms with Crippen molar-refractivity contribution in [3.63, 3.8) is 0 Å². The Bertz CT molecular complexity index is 3090. The molecule has 0 bridgehead atoms. The molecule has 2 saturated heterocycles. The van der Waals surface area contributed by atoms with E-state index < -0.39 is 0 Å². The van der Waals surface area contributed by atoms with Gasteiger partial charge in [0.1, 0.15) is 22.6 Å². The van der Waals surface area contributed by atoms with Crippen LogP contribution in [-0.4, -0.2) is 112 Å². The van der Waals surface area contributed by atoms with Crippen LogP contribution in [0.1, 0.15) is 36.5 Å². The first-order chi connectivity index (χ1) is 32.8. The molecule has 9 aromatic rings. The minimum absolute atomic E-state index is 0.369. The van der Waals surface area contributed by atoms with Crippen LogP contribution in [0.2, 0.25) is 5.15 Å². The highest BCUT2D eigenvalue weighted by atomic mass is 35.5. The van der Waals surface area contributed by atoms with E-state index in [-0.39, 0.29) is 0 Å². The van der Waals surface area contributed by atoms with Gasteiger partial charge in [0.25, 0.3) is 0 Å². The molecule has 0 atom stereocenters. The van der Waals surface area contributed by atoms with Gasteiger partial charge in [-0.2, -0.15) is 15.3 Å². The highest BCUT2D eigenvalue weighted by Crippen LogP contribution is 2.26. The van der Waals surface area contributed by atoms with Gasteiger partial charge in [-0.15, -0.1) is 5.10 Å². The Morgan fingerprint density at radius 3 is 1.64 bits per heavy atom. The molecule has 0 spiro atoms. The van der Waals surface area contributed by atoms with E-state index in [0.717, 1.165) is 125 Å². The maximum absolute atomic E-state index is 6.00. The average Bonchev–Trinajstić information content (AvgIpc) is 4.05. The predicted octanol–water partition coefficient (Wildman–Crippen LogP) is 7.86. The van der Waals surface area contributed by atoms with Gasteiger partial charge in [0.2, 0.25) is 0 Å². The zero-order valence-corrected chi connectivity index (χ0v) is 37.9. The van der Waals surface area contributed by atoms with Crippen LogP contribution in [-0.2, 0) is 22.6 Å². The smallest absolute Gasteiger partial charge is 0.154 e. The van der Waals surface area contributed by atoms with Crippen LogP contribution in [0.25, 0.3) is 44.3 Å². The Balaban J connectivity index is 0.000000162. The lowest BCUT2D eigenvalue weighted by atomic mass is 10.1. The van der Waals surface area contributed by atoms with Gasteiger partial charge in [-0.05, 0) is 77.2 Å². The van der Waals surface area contributed by atoms with Crippen molar-refractivity contribution in [3.8, 4) is 22.3 Å².